The van der Waals surface area contributed by atoms with Gasteiger partial charge in [0, 0.05) is 10.6 Å². The maximum Gasteiger partial charge on any atom is 0.142 e. The molecule has 1 atom stereocenters. The Bertz CT molecular complexity index is 795. The van der Waals surface area contributed by atoms with E-state index in [1.807, 2.05) is 31.2 Å². The molecule has 0 aliphatic rings. The summed E-state index contributed by atoms with van der Waals surface area (Å²) in [5.74, 6) is 0.839. The number of nitrogens with zero attached hydrogens (tertiary/aromatic N) is 2. The van der Waals surface area contributed by atoms with E-state index in [0.29, 0.717) is 0 Å². The van der Waals surface area contributed by atoms with Crippen LogP contribution < -0.4 is 5.32 Å². The van der Waals surface area contributed by atoms with Crippen molar-refractivity contribution in [1.82, 2.24) is 9.97 Å². The second-order valence-corrected chi connectivity index (χ2v) is 6.87. The van der Waals surface area contributed by atoms with Crippen LogP contribution in [0.5, 0.6) is 0 Å². The molecule has 0 fully saturated rings. The summed E-state index contributed by atoms with van der Waals surface area (Å²) < 4.78 is 0. The van der Waals surface area contributed by atoms with Gasteiger partial charge in [0.1, 0.15) is 17.0 Å². The van der Waals surface area contributed by atoms with Gasteiger partial charge in [0.2, 0.25) is 0 Å². The monoisotopic (exact) mass is 317 g/mol. The number of fused-ring (bicyclic) bond motifs is 1. The molecule has 0 bridgehead atoms. The zero-order valence-electron chi connectivity index (χ0n) is 12.1. The average Bonchev–Trinajstić information content (AvgIpc) is 2.75. The number of hydrogen-bond acceptors (Lipinski definition) is 4. The number of hydrogen-bond donors (Lipinski definition) is 1. The summed E-state index contributed by atoms with van der Waals surface area (Å²) in [6, 6.07) is 8.05. The van der Waals surface area contributed by atoms with Crippen molar-refractivity contribution in [3.05, 3.63) is 46.6 Å². The van der Waals surface area contributed by atoms with Crippen molar-refractivity contribution < 1.29 is 0 Å². The van der Waals surface area contributed by atoms with Crippen molar-refractivity contribution in [3.63, 3.8) is 0 Å². The minimum atomic E-state index is -0.0589. The minimum Gasteiger partial charge on any atom is -0.339 e. The van der Waals surface area contributed by atoms with E-state index in [2.05, 4.69) is 29.1 Å². The molecule has 0 radical (unpaired) electrons. The second kappa shape index (κ2) is 5.62. The fourth-order valence-electron chi connectivity index (χ4n) is 2.36. The highest BCUT2D eigenvalue weighted by Gasteiger charge is 2.14. The first-order chi connectivity index (χ1) is 10.1. The number of thiophene rings is 1. The second-order valence-electron chi connectivity index (χ2n) is 5.01. The third-order valence-corrected chi connectivity index (χ3v) is 4.96. The molecule has 1 unspecified atom stereocenters. The molecule has 2 heterocycles. The lowest BCUT2D eigenvalue weighted by atomic mass is 10.1. The summed E-state index contributed by atoms with van der Waals surface area (Å²) in [6.45, 7) is 6.19. The van der Waals surface area contributed by atoms with Crippen molar-refractivity contribution in [1.29, 1.82) is 0 Å². The number of rotatable bonds is 3. The Hall–Kier alpha value is -1.65. The highest BCUT2D eigenvalue weighted by molar-refractivity contribution is 7.18. The first kappa shape index (κ1) is 14.3. The normalized spacial score (nSPS) is 12.6. The van der Waals surface area contributed by atoms with Gasteiger partial charge in [-0.15, -0.1) is 22.9 Å². The van der Waals surface area contributed by atoms with Crippen LogP contribution in [0.2, 0.25) is 0 Å². The molecule has 0 spiro atoms. The lowest BCUT2D eigenvalue weighted by Gasteiger charge is -2.13. The summed E-state index contributed by atoms with van der Waals surface area (Å²) in [7, 11) is 0. The third-order valence-electron chi connectivity index (χ3n) is 3.61. The molecule has 0 saturated carbocycles. The minimum absolute atomic E-state index is 0.0589. The predicted molar refractivity (Wildman–Crippen MR) is 90.9 cm³/mol. The lowest BCUT2D eigenvalue weighted by molar-refractivity contribution is 1.08. The zero-order chi connectivity index (χ0) is 15.0. The Balaban J connectivity index is 2.11. The van der Waals surface area contributed by atoms with Crippen molar-refractivity contribution in [2.75, 3.05) is 5.32 Å². The number of aryl methyl sites for hydroxylation is 2. The summed E-state index contributed by atoms with van der Waals surface area (Å²) >= 11 is 7.95. The molecule has 1 N–H and O–H groups in total. The Labute approximate surface area is 133 Å². The SMILES string of the molecule is Cc1sc2ncnc(Nc3ccccc3C(C)Cl)c2c1C. The van der Waals surface area contributed by atoms with Crippen LogP contribution in [0.1, 0.15) is 28.3 Å². The smallest absolute Gasteiger partial charge is 0.142 e. The average molecular weight is 318 g/mol. The van der Waals surface area contributed by atoms with Crippen LogP contribution in [0.4, 0.5) is 11.5 Å². The maximum absolute atomic E-state index is 6.26. The molecule has 108 valence electrons. The number of nitrogens with one attached hydrogen (secondary N) is 1. The Kier molecular flexibility index (Phi) is 3.83. The van der Waals surface area contributed by atoms with Gasteiger partial charge < -0.3 is 5.32 Å². The Morgan fingerprint density at radius 3 is 2.71 bits per heavy atom. The van der Waals surface area contributed by atoms with Crippen LogP contribution in [-0.4, -0.2) is 9.97 Å². The molecular formula is C16H16ClN3S. The summed E-state index contributed by atoms with van der Waals surface area (Å²) in [6.07, 6.45) is 1.60. The van der Waals surface area contributed by atoms with Crippen LogP contribution in [-0.2, 0) is 0 Å². The van der Waals surface area contributed by atoms with Crippen molar-refractivity contribution >= 4 is 44.7 Å². The lowest BCUT2D eigenvalue weighted by Crippen LogP contribution is -1.99. The Morgan fingerprint density at radius 1 is 1.19 bits per heavy atom. The molecule has 3 rings (SSSR count). The molecule has 5 heteroatoms. The molecule has 1 aromatic carbocycles. The maximum atomic E-state index is 6.26. The van der Waals surface area contributed by atoms with Gasteiger partial charge >= 0.3 is 0 Å². The summed E-state index contributed by atoms with van der Waals surface area (Å²) in [4.78, 5) is 11.1. The first-order valence-corrected chi connectivity index (χ1v) is 8.04. The van der Waals surface area contributed by atoms with Crippen molar-refractivity contribution in [2.24, 2.45) is 0 Å². The quantitative estimate of drug-likeness (QED) is 0.661. The number of benzene rings is 1. The topological polar surface area (TPSA) is 37.8 Å². The van der Waals surface area contributed by atoms with E-state index in [9.17, 15) is 0 Å². The molecule has 21 heavy (non-hydrogen) atoms. The van der Waals surface area contributed by atoms with Gasteiger partial charge in [0.05, 0.1) is 10.8 Å². The largest absolute Gasteiger partial charge is 0.339 e. The Morgan fingerprint density at radius 2 is 1.95 bits per heavy atom. The van der Waals surface area contributed by atoms with Gasteiger partial charge in [-0.05, 0) is 38.0 Å². The molecule has 0 aliphatic heterocycles. The van der Waals surface area contributed by atoms with Gasteiger partial charge in [-0.1, -0.05) is 18.2 Å². The van der Waals surface area contributed by atoms with Crippen LogP contribution in [0.3, 0.4) is 0 Å². The van der Waals surface area contributed by atoms with Crippen LogP contribution in [0.25, 0.3) is 10.2 Å². The van der Waals surface area contributed by atoms with E-state index < -0.39 is 0 Å². The molecule has 3 aromatic rings. The molecule has 3 nitrogen and oxygen atoms in total. The van der Waals surface area contributed by atoms with Crippen molar-refractivity contribution in [2.45, 2.75) is 26.1 Å². The van der Waals surface area contributed by atoms with Gasteiger partial charge in [-0.2, -0.15) is 0 Å². The van der Waals surface area contributed by atoms with E-state index in [4.69, 9.17) is 11.6 Å². The number of halogens is 1. The molecule has 0 saturated heterocycles. The molecule has 0 amide bonds. The van der Waals surface area contributed by atoms with E-state index in [-0.39, 0.29) is 5.38 Å². The number of alkyl halides is 1. The van der Waals surface area contributed by atoms with Gasteiger partial charge in [0.25, 0.3) is 0 Å². The highest BCUT2D eigenvalue weighted by Crippen LogP contribution is 2.35. The fourth-order valence-corrected chi connectivity index (χ4v) is 3.55. The van der Waals surface area contributed by atoms with Gasteiger partial charge in [-0.25, -0.2) is 9.97 Å². The predicted octanol–water partition coefficient (Wildman–Crippen LogP) is 5.35. The number of anilines is 2. The molecular weight excluding hydrogens is 302 g/mol. The first-order valence-electron chi connectivity index (χ1n) is 6.78. The zero-order valence-corrected chi connectivity index (χ0v) is 13.7. The van der Waals surface area contributed by atoms with Crippen LogP contribution in [0, 0.1) is 13.8 Å². The van der Waals surface area contributed by atoms with E-state index in [1.165, 1.54) is 10.4 Å². The van der Waals surface area contributed by atoms with E-state index >= 15 is 0 Å². The van der Waals surface area contributed by atoms with Gasteiger partial charge in [-0.3, -0.25) is 0 Å². The third kappa shape index (κ3) is 2.61. The standard InChI is InChI=1S/C16H16ClN3S/c1-9-11(3)21-16-14(9)15(18-8-19-16)20-13-7-5-4-6-12(13)10(2)17/h4-8,10H,1-3H3,(H,18,19,20). The van der Waals surface area contributed by atoms with Gasteiger partial charge in [0.15, 0.2) is 0 Å². The number of para-hydroxylation sites is 1. The van der Waals surface area contributed by atoms with Crippen molar-refractivity contribution in [3.8, 4) is 0 Å². The highest BCUT2D eigenvalue weighted by atomic mass is 35.5. The fraction of sp³-hybridized carbons (Fsp3) is 0.250. The van der Waals surface area contributed by atoms with E-state index in [0.717, 1.165) is 27.3 Å². The number of aromatic nitrogens is 2. The summed E-state index contributed by atoms with van der Waals surface area (Å²) in [5.41, 5.74) is 3.29. The molecule has 2 aromatic heterocycles. The summed E-state index contributed by atoms with van der Waals surface area (Å²) in [5, 5.41) is 4.46. The van der Waals surface area contributed by atoms with Crippen LogP contribution in [0.15, 0.2) is 30.6 Å². The van der Waals surface area contributed by atoms with Crippen LogP contribution >= 0.6 is 22.9 Å². The van der Waals surface area contributed by atoms with E-state index in [1.54, 1.807) is 17.7 Å². The molecule has 0 aliphatic carbocycles.